The summed E-state index contributed by atoms with van der Waals surface area (Å²) in [6.07, 6.45) is 1.49. The number of aliphatic imine (C=N–C) groups is 1. The van der Waals surface area contributed by atoms with Gasteiger partial charge in [-0.05, 0) is 22.1 Å². The van der Waals surface area contributed by atoms with Crippen molar-refractivity contribution >= 4 is 33.7 Å². The summed E-state index contributed by atoms with van der Waals surface area (Å²) in [7, 11) is 1.00. The predicted octanol–water partition coefficient (Wildman–Crippen LogP) is 3.71. The number of benzene rings is 3. The number of carbonyl (C=O) groups is 1. The average Bonchev–Trinajstić information content (AvgIpc) is 2.73. The second kappa shape index (κ2) is 11.3. The molecule has 0 bridgehead atoms. The Morgan fingerprint density at radius 3 is 1.82 bits per heavy atom. The van der Waals surface area contributed by atoms with E-state index >= 15 is 0 Å². The second-order valence-electron chi connectivity index (χ2n) is 6.16. The summed E-state index contributed by atoms with van der Waals surface area (Å²) in [4.78, 5) is 15.6. The third-order valence-electron chi connectivity index (χ3n) is 4.19. The topological polar surface area (TPSA) is 107 Å². The minimum absolute atomic E-state index is 0.126. The molecule has 3 N–H and O–H groups in total. The number of hydrogen-bond acceptors (Lipinski definition) is 5. The van der Waals surface area contributed by atoms with E-state index in [9.17, 15) is 15.0 Å². The molecule has 3 aromatic carbocycles. The van der Waals surface area contributed by atoms with Crippen molar-refractivity contribution < 1.29 is 41.2 Å². The van der Waals surface area contributed by atoms with Crippen molar-refractivity contribution in [1.82, 2.24) is 0 Å². The zero-order chi connectivity index (χ0) is 21.3. The Morgan fingerprint density at radius 2 is 1.36 bits per heavy atom. The Morgan fingerprint density at radius 1 is 0.929 bits per heavy atom. The molecule has 0 saturated heterocycles. The van der Waals surface area contributed by atoms with Crippen molar-refractivity contribution in [3.05, 3.63) is 54.1 Å². The van der Waals surface area contributed by atoms with E-state index in [-0.39, 0.29) is 11.7 Å². The van der Waals surface area contributed by atoms with Crippen molar-refractivity contribution in [2.24, 2.45) is 10.9 Å². The number of aromatic hydroxyl groups is 1. The van der Waals surface area contributed by atoms with Crippen LogP contribution in [0.1, 0.15) is 19.4 Å². The van der Waals surface area contributed by atoms with Crippen LogP contribution in [0.2, 0.25) is 0 Å². The second-order valence-corrected chi connectivity index (χ2v) is 6.16. The normalized spacial score (nSPS) is 11.6. The van der Waals surface area contributed by atoms with Gasteiger partial charge >= 0.3 is 27.0 Å². The number of rotatable bonds is 4. The molecular weight excluding hydrogens is 397 g/mol. The van der Waals surface area contributed by atoms with Crippen molar-refractivity contribution in [3.63, 3.8) is 0 Å². The van der Waals surface area contributed by atoms with Gasteiger partial charge in [0.25, 0.3) is 0 Å². The monoisotopic (exact) mass is 420 g/mol. The van der Waals surface area contributed by atoms with Crippen molar-refractivity contribution in [1.29, 1.82) is 0 Å². The van der Waals surface area contributed by atoms with Gasteiger partial charge in [0.1, 0.15) is 11.8 Å². The number of carboxylic acids is 1. The van der Waals surface area contributed by atoms with Gasteiger partial charge < -0.3 is 15.3 Å². The Bertz CT molecular complexity index is 972. The first kappa shape index (κ1) is 23.5. The summed E-state index contributed by atoms with van der Waals surface area (Å²) in [5.74, 6) is -0.973. The van der Waals surface area contributed by atoms with Gasteiger partial charge in [0.05, 0.1) is 0 Å². The van der Waals surface area contributed by atoms with E-state index in [0.29, 0.717) is 5.56 Å². The number of nitrogens with zero attached hydrogens (tertiary/aromatic N) is 1. The molecular formula is C21H23NO5V. The number of aliphatic hydroxyl groups is 1. The van der Waals surface area contributed by atoms with Gasteiger partial charge in [0, 0.05) is 24.3 Å². The molecule has 7 heteroatoms. The van der Waals surface area contributed by atoms with Crippen LogP contribution < -0.4 is 0 Å². The van der Waals surface area contributed by atoms with Crippen molar-refractivity contribution in [2.75, 3.05) is 7.11 Å². The molecule has 3 rings (SSSR count). The Hall–Kier alpha value is -2.54. The van der Waals surface area contributed by atoms with Gasteiger partial charge in [-0.3, -0.25) is 4.99 Å². The predicted molar refractivity (Wildman–Crippen MR) is 106 cm³/mol. The summed E-state index contributed by atoms with van der Waals surface area (Å²) < 4.78 is 8.19. The fraction of sp³-hybridized carbons (Fsp3) is 0.238. The molecule has 0 radical (unpaired) electrons. The summed E-state index contributed by atoms with van der Waals surface area (Å²) in [6, 6.07) is 14.5. The molecule has 6 nitrogen and oxygen atoms in total. The van der Waals surface area contributed by atoms with Crippen LogP contribution in [0.15, 0.2) is 53.5 Å². The molecule has 0 aliphatic rings. The third-order valence-corrected chi connectivity index (χ3v) is 4.19. The number of phenols is 1. The summed E-state index contributed by atoms with van der Waals surface area (Å²) >= 11 is 1.06. The number of fused-ring (bicyclic) bond motifs is 3. The first-order valence-corrected chi connectivity index (χ1v) is 9.09. The first-order chi connectivity index (χ1) is 13.5. The molecule has 147 valence electrons. The number of aliphatic hydroxyl groups excluding tert-OH is 1. The van der Waals surface area contributed by atoms with Gasteiger partial charge in [0.15, 0.2) is 0 Å². The Labute approximate surface area is 172 Å². The van der Waals surface area contributed by atoms with E-state index in [0.717, 1.165) is 46.0 Å². The van der Waals surface area contributed by atoms with Crippen LogP contribution in [0.4, 0.5) is 0 Å². The van der Waals surface area contributed by atoms with Crippen molar-refractivity contribution in [2.45, 2.75) is 19.9 Å². The molecule has 0 unspecified atom stereocenters. The van der Waals surface area contributed by atoms with Crippen LogP contribution in [0, 0.1) is 5.92 Å². The first-order valence-electron chi connectivity index (χ1n) is 8.52. The van der Waals surface area contributed by atoms with E-state index < -0.39 is 12.0 Å². The molecule has 0 aromatic heterocycles. The molecule has 0 fully saturated rings. The molecule has 0 amide bonds. The van der Waals surface area contributed by atoms with E-state index in [1.165, 1.54) is 6.21 Å². The zero-order valence-electron chi connectivity index (χ0n) is 15.9. The fourth-order valence-corrected chi connectivity index (χ4v) is 2.96. The average molecular weight is 420 g/mol. The summed E-state index contributed by atoms with van der Waals surface area (Å²) in [5.41, 5.74) is 0.552. The zero-order valence-corrected chi connectivity index (χ0v) is 17.3. The number of hydrogen-bond donors (Lipinski definition) is 3. The SMILES string of the molecule is CC(C)[C@H](N=Cc1c(O)c2ccccc2c2ccccc12)C(=O)O.CO.[O]=[V]. The number of aliphatic carboxylic acids is 1. The van der Waals surface area contributed by atoms with Gasteiger partial charge in [-0.1, -0.05) is 62.4 Å². The summed E-state index contributed by atoms with van der Waals surface area (Å²) in [6.45, 7) is 3.63. The maximum atomic E-state index is 11.3. The molecule has 0 aliphatic carbocycles. The van der Waals surface area contributed by atoms with Crippen LogP contribution >= 0.6 is 0 Å². The van der Waals surface area contributed by atoms with Crippen LogP contribution in [0.25, 0.3) is 21.5 Å². The van der Waals surface area contributed by atoms with E-state index in [2.05, 4.69) is 4.99 Å². The van der Waals surface area contributed by atoms with E-state index in [1.54, 1.807) is 0 Å². The third kappa shape index (κ3) is 5.04. The quantitative estimate of drug-likeness (QED) is 0.441. The molecule has 1 atom stereocenters. The van der Waals surface area contributed by atoms with Gasteiger partial charge in [-0.15, -0.1) is 0 Å². The molecule has 3 aromatic rings. The van der Waals surface area contributed by atoms with Crippen LogP contribution in [0.5, 0.6) is 5.75 Å². The van der Waals surface area contributed by atoms with Crippen molar-refractivity contribution in [3.8, 4) is 5.75 Å². The van der Waals surface area contributed by atoms with Crippen LogP contribution in [0.3, 0.4) is 0 Å². The number of phenolic OH excluding ortho intramolecular Hbond substituents is 1. The Balaban J connectivity index is 0.000000921. The number of carboxylic acid groups (broad SMARTS) is 1. The molecule has 0 heterocycles. The molecule has 0 aliphatic heterocycles. The fourth-order valence-electron chi connectivity index (χ4n) is 2.96. The molecule has 0 spiro atoms. The minimum atomic E-state index is -0.967. The van der Waals surface area contributed by atoms with E-state index in [4.69, 9.17) is 8.78 Å². The van der Waals surface area contributed by atoms with Gasteiger partial charge in [-0.25, -0.2) is 4.79 Å². The van der Waals surface area contributed by atoms with Crippen LogP contribution in [-0.4, -0.2) is 40.7 Å². The van der Waals surface area contributed by atoms with Gasteiger partial charge in [-0.2, -0.15) is 0 Å². The van der Waals surface area contributed by atoms with Gasteiger partial charge in [0.2, 0.25) is 0 Å². The van der Waals surface area contributed by atoms with E-state index in [1.807, 2.05) is 62.4 Å². The molecule has 0 saturated carbocycles. The molecule has 28 heavy (non-hydrogen) atoms. The standard InChI is InChI=1S/C20H19NO3.CH4O.O.V/c1-12(2)18(20(23)24)21-11-17-15-9-4-3-7-13(15)14-8-5-6-10-16(14)19(17)22;1-2;;/h3-12,18,22H,1-2H3,(H,23,24);2H,1H3;;/t18-;;;/m0.../s1. The Kier molecular flexibility index (Phi) is 9.52. The maximum absolute atomic E-state index is 11.3. The summed E-state index contributed by atoms with van der Waals surface area (Å²) in [5, 5.41) is 30.5. The van der Waals surface area contributed by atoms with Crippen LogP contribution in [-0.2, 0) is 25.8 Å².